The molecule has 0 aromatic carbocycles. The normalized spacial score (nSPS) is 12.1. The van der Waals surface area contributed by atoms with Crippen molar-refractivity contribution in [1.82, 2.24) is 0 Å². The topological polar surface area (TPSA) is 118 Å². The van der Waals surface area contributed by atoms with Crippen molar-refractivity contribution in [2.75, 3.05) is 26.4 Å². The van der Waals surface area contributed by atoms with Gasteiger partial charge in [-0.15, -0.1) is 0 Å². The van der Waals surface area contributed by atoms with Crippen molar-refractivity contribution in [3.8, 4) is 0 Å². The molecule has 0 bridgehead atoms. The minimum Gasteiger partial charge on any atom is -0.481 e. The summed E-state index contributed by atoms with van der Waals surface area (Å²) in [6, 6.07) is 0. The molecule has 0 aromatic heterocycles. The van der Waals surface area contributed by atoms with E-state index in [1.807, 2.05) is 13.8 Å². The summed E-state index contributed by atoms with van der Waals surface area (Å²) < 4.78 is 0. The molecule has 0 aliphatic carbocycles. The Balaban J connectivity index is 0. The average molecular weight is 266 g/mol. The van der Waals surface area contributed by atoms with E-state index in [1.54, 1.807) is 13.8 Å². The predicted octanol–water partition coefficient (Wildman–Crippen LogP) is -0.305. The van der Waals surface area contributed by atoms with Gasteiger partial charge >= 0.3 is 5.97 Å². The fourth-order valence-corrected chi connectivity index (χ4v) is 0.547. The number of aliphatic hydroxyl groups is 4. The molecule has 0 saturated carbocycles. The van der Waals surface area contributed by atoms with E-state index in [0.717, 1.165) is 0 Å². The van der Waals surface area contributed by atoms with Crippen molar-refractivity contribution in [2.24, 2.45) is 16.7 Å². The van der Waals surface area contributed by atoms with Crippen LogP contribution in [0, 0.1) is 16.7 Å². The van der Waals surface area contributed by atoms with Crippen LogP contribution < -0.4 is 0 Å². The molecule has 0 aromatic rings. The Morgan fingerprint density at radius 2 is 1.22 bits per heavy atom. The van der Waals surface area contributed by atoms with Crippen molar-refractivity contribution in [3.05, 3.63) is 0 Å². The lowest BCUT2D eigenvalue weighted by molar-refractivity contribution is -0.149. The van der Waals surface area contributed by atoms with E-state index < -0.39 is 43.2 Å². The first kappa shape index (κ1) is 19.6. The van der Waals surface area contributed by atoms with Crippen LogP contribution in [0.2, 0.25) is 0 Å². The molecule has 0 aliphatic heterocycles. The van der Waals surface area contributed by atoms with Crippen molar-refractivity contribution >= 4 is 5.97 Å². The second-order valence-corrected chi connectivity index (χ2v) is 5.31. The summed E-state index contributed by atoms with van der Waals surface area (Å²) in [5.41, 5.74) is -1.69. The summed E-state index contributed by atoms with van der Waals surface area (Å²) in [6.07, 6.45) is 0. The van der Waals surface area contributed by atoms with E-state index in [4.69, 9.17) is 25.5 Å². The Kier molecular flexibility index (Phi) is 9.19. The van der Waals surface area contributed by atoms with Crippen LogP contribution in [0.4, 0.5) is 0 Å². The molecule has 0 amide bonds. The van der Waals surface area contributed by atoms with Crippen LogP contribution in [0.15, 0.2) is 0 Å². The number of aliphatic hydroxyl groups excluding tert-OH is 4. The number of aliphatic carboxylic acids is 1. The number of carboxylic acids is 1. The van der Waals surface area contributed by atoms with Gasteiger partial charge < -0.3 is 25.5 Å². The van der Waals surface area contributed by atoms with Crippen LogP contribution in [0.1, 0.15) is 27.7 Å². The molecule has 0 heterocycles. The molecule has 0 radical (unpaired) electrons. The van der Waals surface area contributed by atoms with Crippen molar-refractivity contribution in [3.63, 3.8) is 0 Å². The Morgan fingerprint density at radius 3 is 1.22 bits per heavy atom. The standard InChI is InChI=1S/C7H14O2.C5H12O4/c1-5(2)7(3,4)6(8)9;6-1-5(2-7,3-8)4-9/h5H,1-4H3,(H,8,9);6-9H,1-4H2. The lowest BCUT2D eigenvalue weighted by Crippen LogP contribution is -2.37. The molecular formula is C12H26O6. The Bertz CT molecular complexity index is 215. The number of rotatable bonds is 6. The third-order valence-electron chi connectivity index (χ3n) is 3.34. The van der Waals surface area contributed by atoms with E-state index in [1.165, 1.54) is 0 Å². The van der Waals surface area contributed by atoms with Gasteiger partial charge in [-0.3, -0.25) is 4.79 Å². The maximum atomic E-state index is 10.5. The summed E-state index contributed by atoms with van der Waals surface area (Å²) in [5.74, 6) is -0.535. The van der Waals surface area contributed by atoms with E-state index >= 15 is 0 Å². The van der Waals surface area contributed by atoms with Gasteiger partial charge in [-0.25, -0.2) is 0 Å². The zero-order valence-corrected chi connectivity index (χ0v) is 11.6. The number of carbonyl (C=O) groups is 1. The highest BCUT2D eigenvalue weighted by atomic mass is 16.4. The van der Waals surface area contributed by atoms with Crippen LogP contribution >= 0.6 is 0 Å². The zero-order valence-electron chi connectivity index (χ0n) is 11.6. The minimum atomic E-state index is -1.11. The van der Waals surface area contributed by atoms with Gasteiger partial charge in [0.25, 0.3) is 0 Å². The molecule has 5 N–H and O–H groups in total. The second-order valence-electron chi connectivity index (χ2n) is 5.31. The monoisotopic (exact) mass is 266 g/mol. The maximum absolute atomic E-state index is 10.5. The third-order valence-corrected chi connectivity index (χ3v) is 3.34. The number of hydrogen-bond donors (Lipinski definition) is 5. The molecule has 0 saturated heterocycles. The number of carboxylic acid groups (broad SMARTS) is 1. The molecule has 0 rings (SSSR count). The third kappa shape index (κ3) is 5.77. The van der Waals surface area contributed by atoms with Gasteiger partial charge in [0.05, 0.1) is 37.3 Å². The Hall–Kier alpha value is -0.690. The van der Waals surface area contributed by atoms with Crippen molar-refractivity contribution in [1.29, 1.82) is 0 Å². The first-order valence-electron chi connectivity index (χ1n) is 5.80. The highest BCUT2D eigenvalue weighted by Crippen LogP contribution is 2.25. The van der Waals surface area contributed by atoms with E-state index in [-0.39, 0.29) is 5.92 Å². The Morgan fingerprint density at radius 1 is 0.944 bits per heavy atom. The summed E-state index contributed by atoms with van der Waals surface area (Å²) in [6.45, 7) is 5.67. The van der Waals surface area contributed by atoms with Gasteiger partial charge in [0.1, 0.15) is 0 Å². The molecule has 0 aliphatic rings. The highest BCUT2D eigenvalue weighted by Gasteiger charge is 2.30. The average Bonchev–Trinajstić information content (AvgIpc) is 2.33. The van der Waals surface area contributed by atoms with Gasteiger partial charge in [-0.05, 0) is 19.8 Å². The summed E-state index contributed by atoms with van der Waals surface area (Å²) in [4.78, 5) is 10.5. The molecule has 0 fully saturated rings. The van der Waals surface area contributed by atoms with Gasteiger partial charge in [0, 0.05) is 0 Å². The molecule has 6 heteroatoms. The molecule has 110 valence electrons. The minimum absolute atomic E-state index is 0.190. The van der Waals surface area contributed by atoms with Crippen molar-refractivity contribution < 1.29 is 30.3 Å². The van der Waals surface area contributed by atoms with Crippen LogP contribution in [0.25, 0.3) is 0 Å². The molecule has 0 spiro atoms. The van der Waals surface area contributed by atoms with Gasteiger partial charge in [-0.2, -0.15) is 0 Å². The summed E-state index contributed by atoms with van der Waals surface area (Å²) >= 11 is 0. The largest absolute Gasteiger partial charge is 0.481 e. The molecular weight excluding hydrogens is 240 g/mol. The maximum Gasteiger partial charge on any atom is 0.309 e. The quantitative estimate of drug-likeness (QED) is 0.450. The van der Waals surface area contributed by atoms with Crippen LogP contribution in [-0.4, -0.2) is 57.9 Å². The van der Waals surface area contributed by atoms with Gasteiger partial charge in [-0.1, -0.05) is 13.8 Å². The van der Waals surface area contributed by atoms with Gasteiger partial charge in [0.15, 0.2) is 0 Å². The lowest BCUT2D eigenvalue weighted by atomic mass is 9.81. The summed E-state index contributed by atoms with van der Waals surface area (Å²) in [7, 11) is 0. The Labute approximate surface area is 108 Å². The highest BCUT2D eigenvalue weighted by molar-refractivity contribution is 5.73. The zero-order chi connectivity index (χ0) is 15.0. The van der Waals surface area contributed by atoms with Gasteiger partial charge in [0.2, 0.25) is 0 Å². The molecule has 6 nitrogen and oxygen atoms in total. The van der Waals surface area contributed by atoms with E-state index in [9.17, 15) is 4.79 Å². The van der Waals surface area contributed by atoms with Crippen LogP contribution in [0.3, 0.4) is 0 Å². The van der Waals surface area contributed by atoms with Crippen LogP contribution in [0.5, 0.6) is 0 Å². The fraction of sp³-hybridized carbons (Fsp3) is 0.917. The predicted molar refractivity (Wildman–Crippen MR) is 67.0 cm³/mol. The smallest absolute Gasteiger partial charge is 0.309 e. The van der Waals surface area contributed by atoms with E-state index in [0.29, 0.717) is 0 Å². The molecule has 0 unspecified atom stereocenters. The SMILES string of the molecule is CC(C)C(C)(C)C(=O)O.OCC(CO)(CO)CO. The molecule has 18 heavy (non-hydrogen) atoms. The van der Waals surface area contributed by atoms with E-state index in [2.05, 4.69) is 0 Å². The summed E-state index contributed by atoms with van der Waals surface area (Å²) in [5, 5.41) is 42.6. The number of hydrogen-bond acceptors (Lipinski definition) is 5. The molecule has 0 atom stereocenters. The van der Waals surface area contributed by atoms with Crippen LogP contribution in [-0.2, 0) is 4.79 Å². The fourth-order valence-electron chi connectivity index (χ4n) is 0.547. The second kappa shape index (κ2) is 8.42. The van der Waals surface area contributed by atoms with Crippen molar-refractivity contribution in [2.45, 2.75) is 27.7 Å². The first-order valence-corrected chi connectivity index (χ1v) is 5.80. The first-order chi connectivity index (χ1) is 8.13. The lowest BCUT2D eigenvalue weighted by Gasteiger charge is -2.23.